The number of nitrogens with one attached hydrogen (secondary N) is 2. The normalized spacial score (nSPS) is 29.2. The SMILES string of the molecule is NNC(=O)C1CCC2CN1CN2.O=C(O)C(F)(F)F. The highest BCUT2D eigenvalue weighted by atomic mass is 19.4. The van der Waals surface area contributed by atoms with E-state index in [0.29, 0.717) is 6.04 Å². The van der Waals surface area contributed by atoms with Crippen molar-refractivity contribution >= 4 is 11.9 Å². The third-order valence-corrected chi connectivity index (χ3v) is 2.95. The Labute approximate surface area is 106 Å². The molecule has 10 heteroatoms. The van der Waals surface area contributed by atoms with Crippen LogP contribution in [0.4, 0.5) is 13.2 Å². The van der Waals surface area contributed by atoms with Crippen molar-refractivity contribution in [2.75, 3.05) is 13.2 Å². The molecule has 110 valence electrons. The molecule has 2 aliphatic rings. The second-order valence-electron chi connectivity index (χ2n) is 4.24. The van der Waals surface area contributed by atoms with Crippen LogP contribution < -0.4 is 16.6 Å². The molecule has 0 aromatic carbocycles. The second kappa shape index (κ2) is 6.17. The summed E-state index contributed by atoms with van der Waals surface area (Å²) in [6, 6.07) is 0.577. The van der Waals surface area contributed by atoms with Crippen LogP contribution in [0.2, 0.25) is 0 Å². The van der Waals surface area contributed by atoms with Gasteiger partial charge < -0.3 is 10.4 Å². The molecule has 0 aromatic heterocycles. The Morgan fingerprint density at radius 2 is 1.95 bits per heavy atom. The van der Waals surface area contributed by atoms with Gasteiger partial charge in [-0.2, -0.15) is 13.2 Å². The number of rotatable bonds is 1. The zero-order chi connectivity index (χ0) is 14.6. The zero-order valence-electron chi connectivity index (χ0n) is 9.91. The number of nitrogens with two attached hydrogens (primary N) is 1. The maximum Gasteiger partial charge on any atom is 0.490 e. The lowest BCUT2D eigenvalue weighted by molar-refractivity contribution is -0.192. The second-order valence-corrected chi connectivity index (χ2v) is 4.24. The Kier molecular flexibility index (Phi) is 5.09. The number of carbonyl (C=O) groups is 2. The van der Waals surface area contributed by atoms with Crippen LogP contribution in [0.1, 0.15) is 12.8 Å². The first-order valence-electron chi connectivity index (χ1n) is 5.53. The number of amides is 1. The Morgan fingerprint density at radius 3 is 2.42 bits per heavy atom. The molecule has 3 atom stereocenters. The number of hydrogen-bond donors (Lipinski definition) is 4. The van der Waals surface area contributed by atoms with Gasteiger partial charge in [0.15, 0.2) is 0 Å². The molecular formula is C9H15F3N4O3. The minimum atomic E-state index is -5.08. The van der Waals surface area contributed by atoms with Crippen molar-refractivity contribution in [1.82, 2.24) is 15.6 Å². The fourth-order valence-electron chi connectivity index (χ4n) is 2.02. The number of carboxylic acid groups (broad SMARTS) is 1. The van der Waals surface area contributed by atoms with Gasteiger partial charge in [0.1, 0.15) is 0 Å². The first-order chi connectivity index (χ1) is 8.75. The molecule has 0 spiro atoms. The van der Waals surface area contributed by atoms with Gasteiger partial charge in [-0.05, 0) is 12.8 Å². The van der Waals surface area contributed by atoms with Crippen molar-refractivity contribution < 1.29 is 27.9 Å². The Morgan fingerprint density at radius 1 is 1.37 bits per heavy atom. The number of nitrogens with zero attached hydrogens (tertiary/aromatic N) is 1. The maximum atomic E-state index is 11.2. The molecule has 2 bridgehead atoms. The highest BCUT2D eigenvalue weighted by molar-refractivity contribution is 5.81. The standard InChI is InChI=1S/C7H14N4O.C2HF3O2/c8-10-7(12)6-2-1-5-3-11(6)4-9-5;3-2(4,5)1(6)7/h5-6,9H,1-4,8H2,(H,10,12);(H,6,7). The third kappa shape index (κ3) is 4.33. The minimum Gasteiger partial charge on any atom is -0.475 e. The molecule has 7 nitrogen and oxygen atoms in total. The average Bonchev–Trinajstić information content (AvgIpc) is 2.70. The van der Waals surface area contributed by atoms with E-state index in [0.717, 1.165) is 26.1 Å². The Balaban J connectivity index is 0.000000224. The van der Waals surface area contributed by atoms with E-state index in [1.807, 2.05) is 0 Å². The van der Waals surface area contributed by atoms with Gasteiger partial charge in [-0.1, -0.05) is 0 Å². The van der Waals surface area contributed by atoms with Crippen LogP contribution in [-0.2, 0) is 9.59 Å². The van der Waals surface area contributed by atoms with E-state index >= 15 is 0 Å². The molecule has 2 heterocycles. The van der Waals surface area contributed by atoms with Crippen LogP contribution in [-0.4, -0.2) is 53.4 Å². The molecule has 0 aromatic rings. The topological polar surface area (TPSA) is 108 Å². The smallest absolute Gasteiger partial charge is 0.475 e. The number of carboxylic acids is 1. The number of hydrogen-bond acceptors (Lipinski definition) is 5. The summed E-state index contributed by atoms with van der Waals surface area (Å²) in [5.74, 6) is 2.27. The van der Waals surface area contributed by atoms with Crippen LogP contribution in [0, 0.1) is 0 Å². The van der Waals surface area contributed by atoms with Gasteiger partial charge >= 0.3 is 12.1 Å². The summed E-state index contributed by atoms with van der Waals surface area (Å²) in [4.78, 5) is 22.3. The molecule has 2 fully saturated rings. The lowest BCUT2D eigenvalue weighted by Crippen LogP contribution is -2.50. The fraction of sp³-hybridized carbons (Fsp3) is 0.778. The average molecular weight is 284 g/mol. The van der Waals surface area contributed by atoms with Gasteiger partial charge in [-0.25, -0.2) is 10.6 Å². The number of halogens is 3. The molecule has 2 rings (SSSR count). The van der Waals surface area contributed by atoms with Gasteiger partial charge in [0, 0.05) is 19.3 Å². The lowest BCUT2D eigenvalue weighted by Gasteiger charge is -2.29. The van der Waals surface area contributed by atoms with Crippen LogP contribution >= 0.6 is 0 Å². The number of alkyl halides is 3. The molecule has 5 N–H and O–H groups in total. The van der Waals surface area contributed by atoms with E-state index in [1.165, 1.54) is 0 Å². The maximum absolute atomic E-state index is 11.2. The number of piperidine rings is 1. The summed E-state index contributed by atoms with van der Waals surface area (Å²) < 4.78 is 31.7. The molecule has 0 radical (unpaired) electrons. The Bertz CT molecular complexity index is 350. The minimum absolute atomic E-state index is 0.0127. The van der Waals surface area contributed by atoms with Gasteiger partial charge in [0.25, 0.3) is 5.91 Å². The highest BCUT2D eigenvalue weighted by Crippen LogP contribution is 2.20. The number of hydrazine groups is 1. The van der Waals surface area contributed by atoms with Crippen LogP contribution in [0.3, 0.4) is 0 Å². The molecule has 2 aliphatic heterocycles. The van der Waals surface area contributed by atoms with Crippen molar-refractivity contribution in [2.45, 2.75) is 31.1 Å². The quantitative estimate of drug-likeness (QED) is 0.279. The van der Waals surface area contributed by atoms with E-state index in [2.05, 4.69) is 15.6 Å². The summed E-state index contributed by atoms with van der Waals surface area (Å²) >= 11 is 0. The van der Waals surface area contributed by atoms with E-state index in [1.54, 1.807) is 0 Å². The van der Waals surface area contributed by atoms with Gasteiger partial charge in [0.2, 0.25) is 0 Å². The van der Waals surface area contributed by atoms with Gasteiger partial charge in [-0.3, -0.25) is 15.1 Å². The summed E-state index contributed by atoms with van der Waals surface area (Å²) in [6.45, 7) is 1.81. The van der Waals surface area contributed by atoms with Crippen molar-refractivity contribution in [1.29, 1.82) is 0 Å². The molecular weight excluding hydrogens is 269 g/mol. The van der Waals surface area contributed by atoms with E-state index in [4.69, 9.17) is 15.7 Å². The van der Waals surface area contributed by atoms with Gasteiger partial charge in [-0.15, -0.1) is 0 Å². The van der Waals surface area contributed by atoms with Crippen LogP contribution in [0.5, 0.6) is 0 Å². The fourth-order valence-corrected chi connectivity index (χ4v) is 2.02. The largest absolute Gasteiger partial charge is 0.490 e. The summed E-state index contributed by atoms with van der Waals surface area (Å²) in [5.41, 5.74) is 2.21. The van der Waals surface area contributed by atoms with Crippen molar-refractivity contribution in [3.63, 3.8) is 0 Å². The molecule has 0 saturated carbocycles. The molecule has 2 saturated heterocycles. The molecule has 1 amide bonds. The lowest BCUT2D eigenvalue weighted by atomic mass is 10.0. The van der Waals surface area contributed by atoms with E-state index < -0.39 is 12.1 Å². The van der Waals surface area contributed by atoms with E-state index in [-0.39, 0.29) is 11.9 Å². The summed E-state index contributed by atoms with van der Waals surface area (Å²) in [7, 11) is 0. The molecule has 3 unspecified atom stereocenters. The summed E-state index contributed by atoms with van der Waals surface area (Å²) in [5, 5.41) is 10.5. The van der Waals surface area contributed by atoms with Crippen molar-refractivity contribution in [2.24, 2.45) is 5.84 Å². The molecule has 19 heavy (non-hydrogen) atoms. The van der Waals surface area contributed by atoms with E-state index in [9.17, 15) is 18.0 Å². The number of aliphatic carboxylic acids is 1. The number of fused-ring (bicyclic) bond motifs is 2. The summed E-state index contributed by atoms with van der Waals surface area (Å²) in [6.07, 6.45) is -3.09. The third-order valence-electron chi connectivity index (χ3n) is 2.95. The van der Waals surface area contributed by atoms with Crippen molar-refractivity contribution in [3.05, 3.63) is 0 Å². The number of carbonyl (C=O) groups excluding carboxylic acids is 1. The Hall–Kier alpha value is -1.39. The first-order valence-corrected chi connectivity index (χ1v) is 5.53. The van der Waals surface area contributed by atoms with Crippen LogP contribution in [0.25, 0.3) is 0 Å². The predicted molar refractivity (Wildman–Crippen MR) is 57.5 cm³/mol. The predicted octanol–water partition coefficient (Wildman–Crippen LogP) is -0.997. The van der Waals surface area contributed by atoms with Crippen molar-refractivity contribution in [3.8, 4) is 0 Å². The zero-order valence-corrected chi connectivity index (χ0v) is 9.91. The monoisotopic (exact) mass is 284 g/mol. The molecule has 0 aliphatic carbocycles. The highest BCUT2D eigenvalue weighted by Gasteiger charge is 2.38. The van der Waals surface area contributed by atoms with Gasteiger partial charge in [0.05, 0.1) is 6.04 Å². The van der Waals surface area contributed by atoms with Crippen LogP contribution in [0.15, 0.2) is 0 Å². The first kappa shape index (κ1) is 15.7.